The summed E-state index contributed by atoms with van der Waals surface area (Å²) in [5.74, 6) is -0.0846. The molecule has 0 aromatic heterocycles. The second kappa shape index (κ2) is 9.18. The van der Waals surface area contributed by atoms with Crippen molar-refractivity contribution in [3.05, 3.63) is 65.2 Å². The number of carbonyl (C=O) groups excluding carboxylic acids is 1. The highest BCUT2D eigenvalue weighted by atomic mass is 32.2. The molecule has 3 rings (SSSR count). The lowest BCUT2D eigenvalue weighted by atomic mass is 10.1. The smallest absolute Gasteiger partial charge is 0.253 e. The highest BCUT2D eigenvalue weighted by Gasteiger charge is 2.21. The summed E-state index contributed by atoms with van der Waals surface area (Å²) >= 11 is 0. The van der Waals surface area contributed by atoms with Gasteiger partial charge in [0.25, 0.3) is 5.91 Å². The lowest BCUT2D eigenvalue weighted by Gasteiger charge is -2.22. The maximum atomic E-state index is 12.8. The summed E-state index contributed by atoms with van der Waals surface area (Å²) in [5, 5.41) is 8.90. The number of benzene rings is 2. The number of nitriles is 1. The fraction of sp³-hybridized carbons (Fsp3) is 0.333. The molecule has 0 atom stereocenters. The molecule has 0 radical (unpaired) electrons. The first kappa shape index (κ1) is 21.0. The summed E-state index contributed by atoms with van der Waals surface area (Å²) in [4.78, 5) is 17.1. The van der Waals surface area contributed by atoms with Gasteiger partial charge < -0.3 is 4.90 Å². The lowest BCUT2D eigenvalue weighted by Crippen LogP contribution is -2.35. The monoisotopic (exact) mass is 412 g/mol. The van der Waals surface area contributed by atoms with E-state index in [1.54, 1.807) is 12.1 Å². The Kier molecular flexibility index (Phi) is 6.64. The Morgan fingerprint density at radius 3 is 2.34 bits per heavy atom. The molecule has 152 valence electrons. The highest BCUT2D eigenvalue weighted by Crippen LogP contribution is 2.15. The highest BCUT2D eigenvalue weighted by molar-refractivity contribution is 7.89. The third kappa shape index (κ3) is 5.21. The Hall–Kier alpha value is -2.73. The van der Waals surface area contributed by atoms with Crippen molar-refractivity contribution < 1.29 is 13.2 Å². The van der Waals surface area contributed by atoms with Crippen LogP contribution in [0, 0.1) is 11.3 Å². The maximum Gasteiger partial charge on any atom is 0.253 e. The van der Waals surface area contributed by atoms with Crippen LogP contribution in [0.15, 0.2) is 53.4 Å². The van der Waals surface area contributed by atoms with Crippen LogP contribution in [0.4, 0.5) is 0 Å². The first-order chi connectivity index (χ1) is 13.9. The van der Waals surface area contributed by atoms with Gasteiger partial charge in [-0.3, -0.25) is 9.69 Å². The number of nitrogens with zero attached hydrogens (tertiary/aromatic N) is 3. The first-order valence-corrected chi connectivity index (χ1v) is 11.0. The zero-order valence-corrected chi connectivity index (χ0v) is 17.2. The predicted octanol–water partition coefficient (Wildman–Crippen LogP) is 1.81. The van der Waals surface area contributed by atoms with Crippen LogP contribution in [0.25, 0.3) is 0 Å². The molecule has 2 aromatic carbocycles. The predicted molar refractivity (Wildman–Crippen MR) is 110 cm³/mol. The summed E-state index contributed by atoms with van der Waals surface area (Å²) < 4.78 is 25.9. The van der Waals surface area contributed by atoms with Crippen molar-refractivity contribution >= 4 is 15.9 Å². The molecule has 1 aliphatic heterocycles. The third-order valence-electron chi connectivity index (χ3n) is 5.05. The lowest BCUT2D eigenvalue weighted by molar-refractivity contribution is 0.0761. The van der Waals surface area contributed by atoms with Crippen LogP contribution >= 0.6 is 0 Å². The van der Waals surface area contributed by atoms with Crippen LogP contribution in [-0.2, 0) is 16.6 Å². The van der Waals surface area contributed by atoms with E-state index < -0.39 is 10.0 Å². The zero-order chi connectivity index (χ0) is 20.9. The summed E-state index contributed by atoms with van der Waals surface area (Å²) in [6.07, 6.45) is 0.869. The van der Waals surface area contributed by atoms with Gasteiger partial charge in [0, 0.05) is 38.3 Å². The fourth-order valence-electron chi connectivity index (χ4n) is 3.35. The standard InChI is InChI=1S/C21H24N4O3S/c1-23-29(27,28)20-9-7-19(8-10-20)21(26)25-12-2-11-24(13-14-25)16-18-5-3-17(15-22)4-6-18/h3-10,23H,2,11-14,16H2,1H3. The van der Waals surface area contributed by atoms with Gasteiger partial charge in [-0.25, -0.2) is 13.1 Å². The molecule has 29 heavy (non-hydrogen) atoms. The van der Waals surface area contributed by atoms with Crippen molar-refractivity contribution in [1.29, 1.82) is 5.26 Å². The SMILES string of the molecule is CNS(=O)(=O)c1ccc(C(=O)N2CCCN(Cc3ccc(C#N)cc3)CC2)cc1. The van der Waals surface area contributed by atoms with E-state index in [9.17, 15) is 13.2 Å². The molecule has 1 saturated heterocycles. The number of rotatable bonds is 5. The maximum absolute atomic E-state index is 12.8. The second-order valence-electron chi connectivity index (χ2n) is 6.96. The molecular weight excluding hydrogens is 388 g/mol. The van der Waals surface area contributed by atoms with Crippen molar-refractivity contribution in [2.24, 2.45) is 0 Å². The second-order valence-corrected chi connectivity index (χ2v) is 8.85. The minimum absolute atomic E-state index is 0.0846. The van der Waals surface area contributed by atoms with Crippen molar-refractivity contribution in [3.8, 4) is 6.07 Å². The molecular formula is C21H24N4O3S. The normalized spacial score (nSPS) is 15.5. The number of sulfonamides is 1. The molecule has 0 aliphatic carbocycles. The molecule has 1 aliphatic rings. The summed E-state index contributed by atoms with van der Waals surface area (Å²) in [6.45, 7) is 3.72. The largest absolute Gasteiger partial charge is 0.337 e. The molecule has 0 bridgehead atoms. The molecule has 1 amide bonds. The Balaban J connectivity index is 1.61. The Bertz CT molecular complexity index is 996. The molecule has 1 fully saturated rings. The van der Waals surface area contributed by atoms with E-state index in [1.165, 1.54) is 19.2 Å². The summed E-state index contributed by atoms with van der Waals surface area (Å²) in [7, 11) is -2.16. The topological polar surface area (TPSA) is 93.5 Å². The van der Waals surface area contributed by atoms with E-state index in [1.807, 2.05) is 29.2 Å². The molecule has 8 heteroatoms. The average molecular weight is 413 g/mol. The molecule has 0 unspecified atom stereocenters. The van der Waals surface area contributed by atoms with E-state index in [0.717, 1.165) is 31.6 Å². The van der Waals surface area contributed by atoms with Crippen molar-refractivity contribution in [2.45, 2.75) is 17.9 Å². The number of nitrogens with one attached hydrogen (secondary N) is 1. The molecule has 1 heterocycles. The molecule has 0 saturated carbocycles. The van der Waals surface area contributed by atoms with E-state index in [2.05, 4.69) is 15.7 Å². The van der Waals surface area contributed by atoms with Gasteiger partial charge in [-0.05, 0) is 55.4 Å². The van der Waals surface area contributed by atoms with Crippen molar-refractivity contribution in [3.63, 3.8) is 0 Å². The van der Waals surface area contributed by atoms with Gasteiger partial charge in [0.1, 0.15) is 0 Å². The van der Waals surface area contributed by atoms with Gasteiger partial charge in [0.2, 0.25) is 10.0 Å². The van der Waals surface area contributed by atoms with E-state index in [0.29, 0.717) is 24.2 Å². The molecule has 0 spiro atoms. The van der Waals surface area contributed by atoms with Crippen LogP contribution in [-0.4, -0.2) is 57.4 Å². The number of hydrogen-bond donors (Lipinski definition) is 1. The summed E-state index contributed by atoms with van der Waals surface area (Å²) in [6, 6.07) is 15.7. The fourth-order valence-corrected chi connectivity index (χ4v) is 4.08. The van der Waals surface area contributed by atoms with Crippen molar-refractivity contribution in [2.75, 3.05) is 33.2 Å². The van der Waals surface area contributed by atoms with Gasteiger partial charge >= 0.3 is 0 Å². The van der Waals surface area contributed by atoms with Gasteiger partial charge in [-0.15, -0.1) is 0 Å². The quantitative estimate of drug-likeness (QED) is 0.808. The first-order valence-electron chi connectivity index (χ1n) is 9.47. The Morgan fingerprint density at radius 1 is 1.03 bits per heavy atom. The van der Waals surface area contributed by atoms with Crippen LogP contribution in [0.2, 0.25) is 0 Å². The molecule has 1 N–H and O–H groups in total. The molecule has 7 nitrogen and oxygen atoms in total. The van der Waals surface area contributed by atoms with Crippen molar-refractivity contribution in [1.82, 2.24) is 14.5 Å². The van der Waals surface area contributed by atoms with Gasteiger partial charge in [-0.1, -0.05) is 12.1 Å². The third-order valence-corrected chi connectivity index (χ3v) is 6.48. The molecule has 2 aromatic rings. The van der Waals surface area contributed by atoms with Gasteiger partial charge in [0.05, 0.1) is 16.5 Å². The Morgan fingerprint density at radius 2 is 1.72 bits per heavy atom. The van der Waals surface area contributed by atoms with Gasteiger partial charge in [0.15, 0.2) is 0 Å². The van der Waals surface area contributed by atoms with E-state index in [-0.39, 0.29) is 10.8 Å². The van der Waals surface area contributed by atoms with Crippen LogP contribution in [0.1, 0.15) is 27.9 Å². The van der Waals surface area contributed by atoms with Crippen LogP contribution in [0.5, 0.6) is 0 Å². The summed E-state index contributed by atoms with van der Waals surface area (Å²) in [5.41, 5.74) is 2.28. The minimum atomic E-state index is -3.51. The average Bonchev–Trinajstić information content (AvgIpc) is 2.99. The Labute approximate surface area is 171 Å². The zero-order valence-electron chi connectivity index (χ0n) is 16.3. The number of carbonyl (C=O) groups is 1. The minimum Gasteiger partial charge on any atom is -0.337 e. The number of amides is 1. The van der Waals surface area contributed by atoms with Gasteiger partial charge in [-0.2, -0.15) is 5.26 Å². The van der Waals surface area contributed by atoms with Crippen LogP contribution < -0.4 is 4.72 Å². The number of hydrogen-bond acceptors (Lipinski definition) is 5. The van der Waals surface area contributed by atoms with E-state index >= 15 is 0 Å². The van der Waals surface area contributed by atoms with Crippen LogP contribution in [0.3, 0.4) is 0 Å². The van der Waals surface area contributed by atoms with E-state index in [4.69, 9.17) is 5.26 Å².